The minimum Gasteiger partial charge on any atom is -0.356 e. The van der Waals surface area contributed by atoms with E-state index < -0.39 is 62.8 Å². The third-order valence-corrected chi connectivity index (χ3v) is 17.4. The van der Waals surface area contributed by atoms with Crippen LogP contribution in [0.4, 0.5) is 17.1 Å². The summed E-state index contributed by atoms with van der Waals surface area (Å²) in [7, 11) is -17.8. The van der Waals surface area contributed by atoms with Gasteiger partial charge in [-0.3, -0.25) is 27.8 Å². The van der Waals surface area contributed by atoms with E-state index in [1.165, 1.54) is 30.3 Å². The molecule has 4 aromatic carbocycles. The summed E-state index contributed by atoms with van der Waals surface area (Å²) >= 11 is 0. The van der Waals surface area contributed by atoms with Crippen LogP contribution in [0, 0.1) is 11.8 Å². The molecule has 0 aliphatic carbocycles. The number of para-hydroxylation sites is 1. The Kier molecular flexibility index (Phi) is 18.0. The molecule has 3 aliphatic heterocycles. The molecular weight excluding hydrogens is 1070 g/mol. The van der Waals surface area contributed by atoms with Crippen LogP contribution in [0.2, 0.25) is 0 Å². The molecule has 3 aliphatic rings. The Hall–Kier alpha value is -6.29. The van der Waals surface area contributed by atoms with Crippen LogP contribution in [0.3, 0.4) is 0 Å². The summed E-state index contributed by atoms with van der Waals surface area (Å²) in [5, 5.41) is 2.89. The van der Waals surface area contributed by atoms with Crippen molar-refractivity contribution in [2.24, 2.45) is 0 Å². The van der Waals surface area contributed by atoms with E-state index in [0.29, 0.717) is 84.8 Å². The van der Waals surface area contributed by atoms with Gasteiger partial charge in [-0.05, 0) is 112 Å². The maximum absolute atomic E-state index is 13.7. The van der Waals surface area contributed by atoms with E-state index in [1.807, 2.05) is 84.9 Å². The number of hydrogen-bond acceptors (Lipinski definition) is 11. The van der Waals surface area contributed by atoms with Gasteiger partial charge in [0.05, 0.1) is 38.9 Å². The average Bonchev–Trinajstić information content (AvgIpc) is 3.91. The van der Waals surface area contributed by atoms with Gasteiger partial charge in [-0.2, -0.15) is 38.2 Å². The van der Waals surface area contributed by atoms with E-state index in [0.717, 1.165) is 16.7 Å². The lowest BCUT2D eigenvalue weighted by atomic mass is 9.77. The highest BCUT2D eigenvalue weighted by Gasteiger charge is 2.46. The Morgan fingerprint density at radius 1 is 0.675 bits per heavy atom. The second-order valence-electron chi connectivity index (χ2n) is 19.9. The van der Waals surface area contributed by atoms with Crippen LogP contribution < -0.4 is 15.1 Å². The van der Waals surface area contributed by atoms with Crippen molar-refractivity contribution in [1.29, 1.82) is 0 Å². The molecule has 0 saturated heterocycles. The Labute approximate surface area is 451 Å². The third kappa shape index (κ3) is 14.5. The summed E-state index contributed by atoms with van der Waals surface area (Å²) in [6.07, 6.45) is 11.5. The van der Waals surface area contributed by atoms with E-state index in [4.69, 9.17) is 0 Å². The van der Waals surface area contributed by atoms with Gasteiger partial charge < -0.3 is 15.1 Å². The second-order valence-corrected chi connectivity index (χ2v) is 25.9. The maximum atomic E-state index is 13.7. The molecule has 1 unspecified atom stereocenters. The Balaban J connectivity index is 1.08. The molecule has 5 N–H and O–H groups in total. The number of fused-ring (bicyclic) bond motifs is 4. The zero-order valence-electron chi connectivity index (χ0n) is 42.9. The van der Waals surface area contributed by atoms with Crippen LogP contribution >= 0.6 is 0 Å². The Morgan fingerprint density at radius 2 is 1.31 bits per heavy atom. The lowest BCUT2D eigenvalue weighted by Crippen LogP contribution is -2.35. The molecule has 7 rings (SSSR count). The minimum absolute atomic E-state index is 0.0318. The van der Waals surface area contributed by atoms with Gasteiger partial charge in [0, 0.05) is 78.0 Å². The Morgan fingerprint density at radius 3 is 2.01 bits per heavy atom. The van der Waals surface area contributed by atoms with Gasteiger partial charge in [0.1, 0.15) is 6.54 Å². The topological polar surface area (TPSA) is 273 Å². The van der Waals surface area contributed by atoms with Gasteiger partial charge >= 0.3 is 0 Å². The van der Waals surface area contributed by atoms with Crippen LogP contribution in [0.15, 0.2) is 131 Å². The fraction of sp³-hybridized carbons (Fsp3) is 0.364. The first-order chi connectivity index (χ1) is 36.2. The van der Waals surface area contributed by atoms with E-state index in [2.05, 4.69) is 17.2 Å². The molecule has 0 bridgehead atoms. The molecule has 18 nitrogen and oxygen atoms in total. The average molecular weight is 1130 g/mol. The number of anilines is 2. The maximum Gasteiger partial charge on any atom is 0.294 e. The van der Waals surface area contributed by atoms with Crippen molar-refractivity contribution < 1.29 is 66.0 Å². The Bertz CT molecular complexity index is 3610. The number of nitrogens with one attached hydrogen (secondary N) is 1. The first-order valence-electron chi connectivity index (χ1n) is 25.1. The fourth-order valence-corrected chi connectivity index (χ4v) is 12.3. The number of benzene rings is 4. The summed E-state index contributed by atoms with van der Waals surface area (Å²) in [5.74, 6) is 5.01. The van der Waals surface area contributed by atoms with Crippen molar-refractivity contribution in [1.82, 2.24) is 5.32 Å². The van der Waals surface area contributed by atoms with E-state index >= 15 is 0 Å². The van der Waals surface area contributed by atoms with Crippen molar-refractivity contribution in [2.75, 3.05) is 40.9 Å². The third-order valence-electron chi connectivity index (χ3n) is 14.1. The molecule has 2 amide bonds. The SMILES string of the molecule is CC1(C)C(C=CC=CC=C2N(CCCCCC(=O)NCCC(=O)N3Cc4ccccc4C#Cc4ccccc43)c3ccc(S(=O)(=O)O)cc3C2(C)CCCCS(=O)(=O)O)=[N+](CCCS(=O)(=O)O)c2ccc(S(=O)(=O)O)cc21. The smallest absolute Gasteiger partial charge is 0.294 e. The first kappa shape index (κ1) is 58.4. The van der Waals surface area contributed by atoms with E-state index in [1.54, 1.807) is 35.3 Å². The first-order valence-corrected chi connectivity index (χ1v) is 31.2. The molecule has 22 heteroatoms. The molecule has 0 fully saturated rings. The number of rotatable bonds is 23. The number of allylic oxidation sites excluding steroid dienone is 6. The second kappa shape index (κ2) is 23.8. The lowest BCUT2D eigenvalue weighted by Gasteiger charge is -2.30. The number of carbonyl (C=O) groups is 2. The molecule has 0 radical (unpaired) electrons. The molecular formula is C55H63N4O14S4+. The lowest BCUT2D eigenvalue weighted by molar-refractivity contribution is -0.437. The van der Waals surface area contributed by atoms with Crippen molar-refractivity contribution in [3.8, 4) is 11.8 Å². The molecule has 0 saturated carbocycles. The molecule has 410 valence electrons. The molecule has 0 spiro atoms. The van der Waals surface area contributed by atoms with E-state index in [-0.39, 0.29) is 60.4 Å². The van der Waals surface area contributed by atoms with Gasteiger partial charge in [-0.1, -0.05) is 73.2 Å². The number of unbranched alkanes of at least 4 members (excludes halogenated alkanes) is 3. The molecule has 3 heterocycles. The summed E-state index contributed by atoms with van der Waals surface area (Å²) < 4.78 is 137. The van der Waals surface area contributed by atoms with Crippen molar-refractivity contribution in [2.45, 2.75) is 106 Å². The predicted molar refractivity (Wildman–Crippen MR) is 294 cm³/mol. The summed E-state index contributed by atoms with van der Waals surface area (Å²) in [4.78, 5) is 29.9. The highest BCUT2D eigenvalue weighted by atomic mass is 32.2. The summed E-state index contributed by atoms with van der Waals surface area (Å²) in [6, 6.07) is 23.6. The summed E-state index contributed by atoms with van der Waals surface area (Å²) in [5.41, 5.74) is 5.10. The largest absolute Gasteiger partial charge is 0.356 e. The van der Waals surface area contributed by atoms with Crippen LogP contribution in [-0.2, 0) is 67.4 Å². The highest BCUT2D eigenvalue weighted by molar-refractivity contribution is 7.86. The normalized spacial score (nSPS) is 17.7. The molecule has 0 aromatic heterocycles. The quantitative estimate of drug-likeness (QED) is 0.0157. The van der Waals surface area contributed by atoms with Crippen molar-refractivity contribution >= 4 is 75.1 Å². The van der Waals surface area contributed by atoms with Crippen LogP contribution in [0.1, 0.15) is 106 Å². The molecule has 4 aromatic rings. The van der Waals surface area contributed by atoms with Gasteiger partial charge in [-0.25, -0.2) is 0 Å². The van der Waals surface area contributed by atoms with Crippen LogP contribution in [-0.4, -0.2) is 105 Å². The van der Waals surface area contributed by atoms with Gasteiger partial charge in [0.25, 0.3) is 40.5 Å². The van der Waals surface area contributed by atoms with Gasteiger partial charge in [0.2, 0.25) is 17.5 Å². The number of nitrogens with zero attached hydrogens (tertiary/aromatic N) is 3. The van der Waals surface area contributed by atoms with Crippen molar-refractivity contribution in [3.05, 3.63) is 149 Å². The highest BCUT2D eigenvalue weighted by Crippen LogP contribution is 2.51. The van der Waals surface area contributed by atoms with Crippen molar-refractivity contribution in [3.63, 3.8) is 0 Å². The van der Waals surface area contributed by atoms with E-state index in [9.17, 15) is 61.5 Å². The summed E-state index contributed by atoms with van der Waals surface area (Å²) in [6.45, 7) is 6.59. The number of hydrogen-bond donors (Lipinski definition) is 5. The monoisotopic (exact) mass is 1130 g/mol. The standard InChI is InChI=1S/C55H62N4O14S4/c1-54(2)45-37-43(76(68,69)70)26-28-48(45)57(34-16-36-75(65,66)67)50(54)21-6-4-7-22-51-55(3,31-13-15-35-74(62,63)64)46-38-44(77(71,72)73)27-29-49(46)58(51)33-14-5-8-23-52(60)56-32-30-53(61)59-39-42-19-10-9-17-40(42)24-25-41-18-11-12-20-47(41)59/h4,6-7,9-12,17-22,26-29,37-38H,5,8,13-16,23,30-36,39H2,1-3H3,(H4-,56,60,62,63,64,65,66,67,68,69,70,71,72,73)/p+1. The number of amides is 2. The van der Waals surface area contributed by atoms with Crippen LogP contribution in [0.5, 0.6) is 0 Å². The zero-order chi connectivity index (χ0) is 56.0. The van der Waals surface area contributed by atoms with Gasteiger partial charge in [0.15, 0.2) is 5.71 Å². The predicted octanol–water partition coefficient (Wildman–Crippen LogP) is 7.68. The molecule has 1 atom stereocenters. The number of carbonyl (C=O) groups excluding carboxylic acids is 2. The fourth-order valence-electron chi connectivity index (χ4n) is 10.2. The van der Waals surface area contributed by atoms with Gasteiger partial charge in [-0.15, -0.1) is 0 Å². The zero-order valence-corrected chi connectivity index (χ0v) is 46.2. The molecule has 77 heavy (non-hydrogen) atoms. The minimum atomic E-state index is -4.65. The van der Waals surface area contributed by atoms with Crippen LogP contribution in [0.25, 0.3) is 0 Å².